The lowest BCUT2D eigenvalue weighted by Gasteiger charge is -2.28. The molecular formula is C13H17N3O. The monoisotopic (exact) mass is 231 g/mol. The van der Waals surface area contributed by atoms with Crippen LogP contribution in [0.4, 0.5) is 0 Å². The predicted molar refractivity (Wildman–Crippen MR) is 63.4 cm³/mol. The summed E-state index contributed by atoms with van der Waals surface area (Å²) in [5.41, 5.74) is 0.326. The highest BCUT2D eigenvalue weighted by Crippen LogP contribution is 2.28. The first-order valence-corrected chi connectivity index (χ1v) is 6.20. The van der Waals surface area contributed by atoms with Crippen molar-refractivity contribution < 1.29 is 4.74 Å². The predicted octanol–water partition coefficient (Wildman–Crippen LogP) is 2.70. The van der Waals surface area contributed by atoms with E-state index in [2.05, 4.69) is 16.9 Å². The van der Waals surface area contributed by atoms with Crippen LogP contribution >= 0.6 is 0 Å². The van der Waals surface area contributed by atoms with Crippen LogP contribution in [0.3, 0.4) is 0 Å². The van der Waals surface area contributed by atoms with E-state index in [4.69, 9.17) is 10.00 Å². The molecule has 0 N–H and O–H groups in total. The largest absolute Gasteiger partial charge is 0.473 e. The fourth-order valence-electron chi connectivity index (χ4n) is 2.33. The molecule has 0 bridgehead atoms. The van der Waals surface area contributed by atoms with Gasteiger partial charge in [-0.15, -0.1) is 0 Å². The van der Waals surface area contributed by atoms with Crippen molar-refractivity contribution in [3.63, 3.8) is 0 Å². The van der Waals surface area contributed by atoms with Gasteiger partial charge < -0.3 is 4.74 Å². The molecule has 4 nitrogen and oxygen atoms in total. The second-order valence-electron chi connectivity index (χ2n) is 4.53. The highest BCUT2D eigenvalue weighted by Gasteiger charge is 2.22. The Morgan fingerprint density at radius 3 is 2.94 bits per heavy atom. The first kappa shape index (κ1) is 11.8. The van der Waals surface area contributed by atoms with Gasteiger partial charge in [-0.05, 0) is 25.2 Å². The van der Waals surface area contributed by atoms with Crippen LogP contribution in [0.5, 0.6) is 5.88 Å². The summed E-state index contributed by atoms with van der Waals surface area (Å²) in [4.78, 5) is 8.04. The van der Waals surface area contributed by atoms with Crippen LogP contribution in [-0.2, 0) is 0 Å². The number of hydrogen-bond acceptors (Lipinski definition) is 4. The van der Waals surface area contributed by atoms with Crippen molar-refractivity contribution in [2.45, 2.75) is 45.1 Å². The Balaban J connectivity index is 1.93. The molecule has 1 saturated carbocycles. The average molecular weight is 231 g/mol. The van der Waals surface area contributed by atoms with Crippen molar-refractivity contribution in [2.75, 3.05) is 0 Å². The van der Waals surface area contributed by atoms with Gasteiger partial charge in [0, 0.05) is 0 Å². The molecule has 1 aliphatic carbocycles. The summed E-state index contributed by atoms with van der Waals surface area (Å²) in [6.45, 7) is 2.23. The van der Waals surface area contributed by atoms with Crippen molar-refractivity contribution in [1.82, 2.24) is 9.97 Å². The van der Waals surface area contributed by atoms with Crippen molar-refractivity contribution in [2.24, 2.45) is 5.92 Å². The average Bonchev–Trinajstić information content (AvgIpc) is 2.40. The van der Waals surface area contributed by atoms with Gasteiger partial charge >= 0.3 is 0 Å². The Hall–Kier alpha value is -1.63. The van der Waals surface area contributed by atoms with Crippen molar-refractivity contribution >= 4 is 0 Å². The maximum atomic E-state index is 8.62. The molecule has 1 fully saturated rings. The molecule has 0 spiro atoms. The standard InChI is InChI=1S/C13H17N3O/c1-2-10-4-3-5-12(6-10)17-13-9-15-11(7-14)8-16-13/h8-10,12H,2-6H2,1H3. The van der Waals surface area contributed by atoms with E-state index in [-0.39, 0.29) is 6.10 Å². The molecular weight excluding hydrogens is 214 g/mol. The van der Waals surface area contributed by atoms with Crippen LogP contribution in [0.1, 0.15) is 44.7 Å². The molecule has 0 saturated heterocycles. The number of rotatable bonds is 3. The van der Waals surface area contributed by atoms with Crippen molar-refractivity contribution in [3.05, 3.63) is 18.1 Å². The minimum Gasteiger partial charge on any atom is -0.473 e. The molecule has 4 heteroatoms. The molecule has 1 heterocycles. The molecule has 0 radical (unpaired) electrons. The zero-order valence-electron chi connectivity index (χ0n) is 10.1. The normalized spacial score (nSPS) is 24.0. The molecule has 2 atom stereocenters. The third-order valence-electron chi connectivity index (χ3n) is 3.34. The van der Waals surface area contributed by atoms with Crippen LogP contribution in [0.25, 0.3) is 0 Å². The third-order valence-corrected chi connectivity index (χ3v) is 3.34. The Bertz CT molecular complexity index is 396. The van der Waals surface area contributed by atoms with Gasteiger partial charge in [0.1, 0.15) is 12.2 Å². The summed E-state index contributed by atoms with van der Waals surface area (Å²) in [7, 11) is 0. The smallest absolute Gasteiger partial charge is 0.232 e. The summed E-state index contributed by atoms with van der Waals surface area (Å²) in [5.74, 6) is 1.31. The molecule has 1 aliphatic rings. The maximum Gasteiger partial charge on any atom is 0.232 e. The van der Waals surface area contributed by atoms with Crippen molar-refractivity contribution in [1.29, 1.82) is 5.26 Å². The van der Waals surface area contributed by atoms with Gasteiger partial charge in [-0.1, -0.05) is 19.8 Å². The molecule has 2 unspecified atom stereocenters. The fraction of sp³-hybridized carbons (Fsp3) is 0.615. The van der Waals surface area contributed by atoms with Gasteiger partial charge in [0.2, 0.25) is 5.88 Å². The third kappa shape index (κ3) is 3.16. The van der Waals surface area contributed by atoms with E-state index in [1.54, 1.807) is 0 Å². The molecule has 17 heavy (non-hydrogen) atoms. The first-order valence-electron chi connectivity index (χ1n) is 6.20. The highest BCUT2D eigenvalue weighted by atomic mass is 16.5. The van der Waals surface area contributed by atoms with Crippen molar-refractivity contribution in [3.8, 4) is 11.9 Å². The van der Waals surface area contributed by atoms with E-state index < -0.39 is 0 Å². The van der Waals surface area contributed by atoms with Gasteiger partial charge in [0.15, 0.2) is 5.69 Å². The second kappa shape index (κ2) is 5.62. The summed E-state index contributed by atoms with van der Waals surface area (Å²) in [6, 6.07) is 1.94. The first-order chi connectivity index (χ1) is 8.31. The number of ether oxygens (including phenoxy) is 1. The lowest BCUT2D eigenvalue weighted by molar-refractivity contribution is 0.116. The number of nitriles is 1. The van der Waals surface area contributed by atoms with Crippen LogP contribution in [0.15, 0.2) is 12.4 Å². The summed E-state index contributed by atoms with van der Waals surface area (Å²) >= 11 is 0. The van der Waals surface area contributed by atoms with E-state index in [9.17, 15) is 0 Å². The number of nitrogens with zero attached hydrogens (tertiary/aromatic N) is 3. The van der Waals surface area contributed by atoms with E-state index >= 15 is 0 Å². The van der Waals surface area contributed by atoms with Crippen LogP contribution < -0.4 is 4.74 Å². The van der Waals surface area contributed by atoms with E-state index in [0.29, 0.717) is 11.6 Å². The Kier molecular flexibility index (Phi) is 3.92. The lowest BCUT2D eigenvalue weighted by Crippen LogP contribution is -2.25. The fourth-order valence-corrected chi connectivity index (χ4v) is 2.33. The quantitative estimate of drug-likeness (QED) is 0.802. The Labute approximate surface area is 102 Å². The zero-order chi connectivity index (χ0) is 12.1. The number of aromatic nitrogens is 2. The molecule has 1 aromatic rings. The molecule has 1 aromatic heterocycles. The van der Waals surface area contributed by atoms with Crippen LogP contribution in [-0.4, -0.2) is 16.1 Å². The SMILES string of the molecule is CCC1CCCC(Oc2cnc(C#N)cn2)C1. The zero-order valence-corrected chi connectivity index (χ0v) is 10.1. The summed E-state index contributed by atoms with van der Waals surface area (Å²) < 4.78 is 5.80. The van der Waals surface area contributed by atoms with Crippen LogP contribution in [0.2, 0.25) is 0 Å². The summed E-state index contributed by atoms with van der Waals surface area (Å²) in [6.07, 6.45) is 9.22. The molecule has 2 rings (SSSR count). The summed E-state index contributed by atoms with van der Waals surface area (Å²) in [5, 5.41) is 8.62. The van der Waals surface area contributed by atoms with Gasteiger partial charge in [0.05, 0.1) is 12.4 Å². The van der Waals surface area contributed by atoms with Gasteiger partial charge in [0.25, 0.3) is 0 Å². The topological polar surface area (TPSA) is 58.8 Å². The van der Waals surface area contributed by atoms with Gasteiger partial charge in [-0.3, -0.25) is 0 Å². The molecule has 0 amide bonds. The molecule has 0 aliphatic heterocycles. The maximum absolute atomic E-state index is 8.62. The van der Waals surface area contributed by atoms with Gasteiger partial charge in [-0.25, -0.2) is 9.97 Å². The minimum atomic E-state index is 0.260. The Morgan fingerprint density at radius 2 is 2.29 bits per heavy atom. The van der Waals surface area contributed by atoms with Gasteiger partial charge in [-0.2, -0.15) is 5.26 Å². The van der Waals surface area contributed by atoms with Crippen LogP contribution in [0, 0.1) is 17.2 Å². The molecule has 90 valence electrons. The van der Waals surface area contributed by atoms with E-state index in [1.165, 1.54) is 31.7 Å². The highest BCUT2D eigenvalue weighted by molar-refractivity contribution is 5.18. The Morgan fingerprint density at radius 1 is 1.41 bits per heavy atom. The number of hydrogen-bond donors (Lipinski definition) is 0. The molecule has 0 aromatic carbocycles. The van der Waals surface area contributed by atoms with E-state index in [1.807, 2.05) is 6.07 Å². The minimum absolute atomic E-state index is 0.260. The second-order valence-corrected chi connectivity index (χ2v) is 4.53. The van der Waals surface area contributed by atoms with E-state index in [0.717, 1.165) is 18.8 Å². The lowest BCUT2D eigenvalue weighted by atomic mass is 9.85.